The smallest absolute Gasteiger partial charge is 0.436 e. The highest BCUT2D eigenvalue weighted by Gasteiger charge is 2.71. The summed E-state index contributed by atoms with van der Waals surface area (Å²) < 4.78 is 14.8. The molecule has 0 bridgehead atoms. The lowest BCUT2D eigenvalue weighted by molar-refractivity contribution is -0.249. The standard InChI is InChI=1S/C43H56N6O5/c1-27(2)28-14-19-43(22-53-37(51)30-11-9-8-10-29(30)36(50)48-25-44-23-46-48)21-20-41(6)31(35(28)43)12-13-33-40(5)17-16-34(54-38(52)49-26-45-24-47-49)39(3,4)32(40)15-18-42(33,41)7/h8-11,23-26,28,31-35H,1,12-22H2,2-7H3/t28-,31+,32?,33?,34-,35?,40-,41+,42+,43+/m0/s1. The predicted molar refractivity (Wildman–Crippen MR) is 201 cm³/mol. The van der Waals surface area contributed by atoms with Gasteiger partial charge in [0.15, 0.2) is 0 Å². The number of hydrogen-bond acceptors (Lipinski definition) is 9. The minimum Gasteiger partial charge on any atom is -0.461 e. The molecule has 0 aliphatic heterocycles. The molecule has 0 N–H and O–H groups in total. The van der Waals surface area contributed by atoms with Gasteiger partial charge < -0.3 is 9.47 Å². The molecule has 288 valence electrons. The van der Waals surface area contributed by atoms with Gasteiger partial charge in [-0.15, -0.1) is 5.10 Å². The summed E-state index contributed by atoms with van der Waals surface area (Å²) in [5, 5.41) is 8.00. The third-order valence-electron chi connectivity index (χ3n) is 16.5. The number of benzene rings is 1. The van der Waals surface area contributed by atoms with Gasteiger partial charge in [-0.1, -0.05) is 58.9 Å². The van der Waals surface area contributed by atoms with Gasteiger partial charge in [0.05, 0.1) is 17.7 Å². The Morgan fingerprint density at radius 2 is 1.50 bits per heavy atom. The van der Waals surface area contributed by atoms with Crippen molar-refractivity contribution in [1.29, 1.82) is 0 Å². The van der Waals surface area contributed by atoms with Gasteiger partial charge in [0.1, 0.15) is 31.4 Å². The Balaban J connectivity index is 1.04. The van der Waals surface area contributed by atoms with Gasteiger partial charge in [-0.25, -0.2) is 19.6 Å². The average Bonchev–Trinajstić information content (AvgIpc) is 3.94. The molecule has 11 nitrogen and oxygen atoms in total. The molecule has 2 aromatic heterocycles. The average molecular weight is 737 g/mol. The first-order valence-electron chi connectivity index (χ1n) is 20.0. The van der Waals surface area contributed by atoms with E-state index in [0.29, 0.717) is 36.2 Å². The summed E-state index contributed by atoms with van der Waals surface area (Å²) in [7, 11) is 0. The molecule has 0 radical (unpaired) electrons. The second-order valence-electron chi connectivity index (χ2n) is 18.9. The Bertz CT molecular complexity index is 1940. The lowest BCUT2D eigenvalue weighted by atomic mass is 9.32. The third-order valence-corrected chi connectivity index (χ3v) is 16.5. The minimum absolute atomic E-state index is 0.122. The van der Waals surface area contributed by atoms with Gasteiger partial charge in [-0.05, 0) is 129 Å². The molecule has 5 aliphatic rings. The summed E-state index contributed by atoms with van der Waals surface area (Å²) in [4.78, 5) is 47.9. The molecule has 10 atom stereocenters. The molecule has 5 fully saturated rings. The number of rotatable bonds is 6. The number of esters is 1. The highest BCUT2D eigenvalue weighted by Crippen LogP contribution is 2.77. The van der Waals surface area contributed by atoms with E-state index in [-0.39, 0.29) is 44.3 Å². The van der Waals surface area contributed by atoms with Crippen LogP contribution in [-0.4, -0.2) is 60.2 Å². The zero-order chi connectivity index (χ0) is 38.3. The van der Waals surface area contributed by atoms with Crippen LogP contribution in [0.4, 0.5) is 4.79 Å². The second kappa shape index (κ2) is 13.0. The van der Waals surface area contributed by atoms with Crippen LogP contribution < -0.4 is 0 Å². The number of hydrogen-bond donors (Lipinski definition) is 0. The van der Waals surface area contributed by atoms with Gasteiger partial charge >= 0.3 is 12.1 Å². The number of ether oxygens (including phenoxy) is 2. The zero-order valence-electron chi connectivity index (χ0n) is 32.8. The van der Waals surface area contributed by atoms with Gasteiger partial charge in [-0.3, -0.25) is 4.79 Å². The van der Waals surface area contributed by atoms with Crippen LogP contribution in [0.2, 0.25) is 0 Å². The summed E-state index contributed by atoms with van der Waals surface area (Å²) in [5.41, 5.74) is 1.84. The van der Waals surface area contributed by atoms with Crippen molar-refractivity contribution in [2.24, 2.45) is 56.7 Å². The van der Waals surface area contributed by atoms with Crippen molar-refractivity contribution >= 4 is 18.0 Å². The third kappa shape index (κ3) is 5.37. The molecule has 5 aliphatic carbocycles. The Labute approximate surface area is 318 Å². The van der Waals surface area contributed by atoms with E-state index < -0.39 is 18.0 Å². The summed E-state index contributed by atoms with van der Waals surface area (Å²) >= 11 is 0. The lowest BCUT2D eigenvalue weighted by Crippen LogP contribution is -2.67. The molecule has 0 spiro atoms. The molecular formula is C43H56N6O5. The van der Waals surface area contributed by atoms with Crippen LogP contribution in [-0.2, 0) is 9.47 Å². The van der Waals surface area contributed by atoms with Crippen LogP contribution in [0.15, 0.2) is 61.7 Å². The van der Waals surface area contributed by atoms with E-state index in [1.54, 1.807) is 24.3 Å². The number of carbonyl (C=O) groups is 3. The molecule has 1 aromatic carbocycles. The Morgan fingerprint density at radius 1 is 0.796 bits per heavy atom. The first-order valence-corrected chi connectivity index (χ1v) is 20.0. The molecule has 8 rings (SSSR count). The van der Waals surface area contributed by atoms with Gasteiger partial charge in [0, 0.05) is 10.8 Å². The summed E-state index contributed by atoms with van der Waals surface area (Å²) in [6, 6.07) is 6.83. The van der Waals surface area contributed by atoms with E-state index in [1.807, 2.05) is 0 Å². The second-order valence-corrected chi connectivity index (χ2v) is 18.9. The number of nitrogens with zero attached hydrogens (tertiary/aromatic N) is 6. The monoisotopic (exact) mass is 736 g/mol. The maximum absolute atomic E-state index is 13.9. The summed E-state index contributed by atoms with van der Waals surface area (Å²) in [6.07, 6.45) is 15.5. The van der Waals surface area contributed by atoms with Crippen LogP contribution in [0.5, 0.6) is 0 Å². The van der Waals surface area contributed by atoms with Gasteiger partial charge in [-0.2, -0.15) is 14.5 Å². The molecule has 3 unspecified atom stereocenters. The van der Waals surface area contributed by atoms with Crippen LogP contribution in [0.1, 0.15) is 126 Å². The van der Waals surface area contributed by atoms with Gasteiger partial charge in [0.25, 0.3) is 5.91 Å². The van der Waals surface area contributed by atoms with Crippen molar-refractivity contribution in [1.82, 2.24) is 29.5 Å². The first kappa shape index (κ1) is 36.8. The van der Waals surface area contributed by atoms with E-state index in [1.165, 1.54) is 42.0 Å². The normalized spacial score (nSPS) is 37.9. The molecule has 11 heteroatoms. The fourth-order valence-electron chi connectivity index (χ4n) is 13.8. The predicted octanol–water partition coefficient (Wildman–Crippen LogP) is 8.43. The maximum atomic E-state index is 13.9. The van der Waals surface area contributed by atoms with Crippen LogP contribution in [0, 0.1) is 56.7 Å². The Kier molecular flexibility index (Phi) is 8.84. The molecule has 5 saturated carbocycles. The fraction of sp³-hybridized carbons (Fsp3) is 0.651. The SMILES string of the molecule is C=C(C)[C@@H]1CC[C@]2(COC(=O)c3ccccc3C(=O)n3cncn3)CC[C@]3(C)[C@H](CCC4[C@@]5(C)CC[C@H](OC(=O)n6cncn6)C(C)(C)C5CC[C@]43C)C12. The van der Waals surface area contributed by atoms with Crippen molar-refractivity contribution in [3.63, 3.8) is 0 Å². The molecule has 0 saturated heterocycles. The maximum Gasteiger partial charge on any atom is 0.436 e. The van der Waals surface area contributed by atoms with E-state index >= 15 is 0 Å². The molecule has 0 amide bonds. The van der Waals surface area contributed by atoms with Crippen molar-refractivity contribution < 1.29 is 23.9 Å². The lowest BCUT2D eigenvalue weighted by Gasteiger charge is -2.73. The van der Waals surface area contributed by atoms with Crippen LogP contribution >= 0.6 is 0 Å². The minimum atomic E-state index is -0.466. The molecule has 54 heavy (non-hydrogen) atoms. The highest BCUT2D eigenvalue weighted by molar-refractivity contribution is 6.05. The van der Waals surface area contributed by atoms with Crippen molar-refractivity contribution in [3.8, 4) is 0 Å². The number of allylic oxidation sites excluding steroid dienone is 1. The first-order chi connectivity index (χ1) is 25.7. The zero-order valence-corrected chi connectivity index (χ0v) is 32.8. The van der Waals surface area contributed by atoms with Crippen molar-refractivity contribution in [3.05, 3.63) is 72.9 Å². The highest BCUT2D eigenvalue weighted by atomic mass is 16.6. The Hall–Kier alpha value is -4.15. The summed E-state index contributed by atoms with van der Waals surface area (Å²) in [6.45, 7) is 19.5. The fourth-order valence-corrected chi connectivity index (χ4v) is 13.8. The number of fused-ring (bicyclic) bond motifs is 7. The van der Waals surface area contributed by atoms with Crippen LogP contribution in [0.3, 0.4) is 0 Å². The van der Waals surface area contributed by atoms with Gasteiger partial charge in [0.2, 0.25) is 0 Å². The largest absolute Gasteiger partial charge is 0.461 e. The van der Waals surface area contributed by atoms with Crippen molar-refractivity contribution in [2.45, 2.75) is 112 Å². The van der Waals surface area contributed by atoms with E-state index in [9.17, 15) is 14.4 Å². The molecule has 2 heterocycles. The van der Waals surface area contributed by atoms with E-state index in [4.69, 9.17) is 9.47 Å². The van der Waals surface area contributed by atoms with E-state index in [0.717, 1.165) is 62.5 Å². The number of aromatic nitrogens is 6. The Morgan fingerprint density at radius 3 is 2.19 bits per heavy atom. The quantitative estimate of drug-likeness (QED) is 0.181. The molecule has 3 aromatic rings. The van der Waals surface area contributed by atoms with E-state index in [2.05, 4.69) is 68.3 Å². The van der Waals surface area contributed by atoms with Crippen molar-refractivity contribution in [2.75, 3.05) is 6.61 Å². The van der Waals surface area contributed by atoms with Crippen LogP contribution in [0.25, 0.3) is 0 Å². The topological polar surface area (TPSA) is 131 Å². The molecular weight excluding hydrogens is 681 g/mol. The summed E-state index contributed by atoms with van der Waals surface area (Å²) in [5.74, 6) is 1.37. The number of carbonyl (C=O) groups excluding carboxylic acids is 3.